The first-order chi connectivity index (χ1) is 7.60. The minimum atomic E-state index is -0.606. The summed E-state index contributed by atoms with van der Waals surface area (Å²) in [7, 11) is 0. The Balaban J connectivity index is 3.06. The second kappa shape index (κ2) is 5.35. The molecule has 0 amide bonds. The van der Waals surface area contributed by atoms with Gasteiger partial charge in [-0.15, -0.1) is 0 Å². The number of carbonyl (C=O) groups excluding carboxylic acids is 2. The lowest BCUT2D eigenvalue weighted by atomic mass is 10.0. The zero-order chi connectivity index (χ0) is 12.1. The predicted octanol–water partition coefficient (Wildman–Crippen LogP) is 2.17. The van der Waals surface area contributed by atoms with Crippen LogP contribution in [0.25, 0.3) is 5.53 Å². The van der Waals surface area contributed by atoms with Crippen LogP contribution in [0.3, 0.4) is 0 Å². The fourth-order valence-corrected chi connectivity index (χ4v) is 1.26. The summed E-state index contributed by atoms with van der Waals surface area (Å²) in [6, 6.07) is 6.00. The molecule has 0 atom stereocenters. The number of carbonyl (C=O) groups is 2. The zero-order valence-electron chi connectivity index (χ0n) is 8.61. The zero-order valence-corrected chi connectivity index (χ0v) is 9.36. The first kappa shape index (κ1) is 12.3. The highest BCUT2D eigenvalue weighted by Gasteiger charge is 2.28. The minimum absolute atomic E-state index is 0.110. The van der Waals surface area contributed by atoms with Gasteiger partial charge >= 0.3 is 5.71 Å². The van der Waals surface area contributed by atoms with E-state index in [1.165, 1.54) is 24.3 Å². The van der Waals surface area contributed by atoms with Gasteiger partial charge in [0.1, 0.15) is 0 Å². The molecule has 0 unspecified atom stereocenters. The number of hydrogen-bond donors (Lipinski definition) is 0. The van der Waals surface area contributed by atoms with E-state index in [0.29, 0.717) is 5.02 Å². The Morgan fingerprint density at radius 3 is 2.31 bits per heavy atom. The van der Waals surface area contributed by atoms with Gasteiger partial charge in [0.2, 0.25) is 5.78 Å². The number of halogens is 1. The number of hydrogen-bond acceptors (Lipinski definition) is 2. The van der Waals surface area contributed by atoms with Crippen molar-refractivity contribution in [3.05, 3.63) is 40.4 Å². The summed E-state index contributed by atoms with van der Waals surface area (Å²) in [6.45, 7) is 1.59. The Bertz CT molecular complexity index is 473. The van der Waals surface area contributed by atoms with Crippen LogP contribution in [-0.4, -0.2) is 22.1 Å². The summed E-state index contributed by atoms with van der Waals surface area (Å²) >= 11 is 5.66. The van der Waals surface area contributed by atoms with E-state index < -0.39 is 17.3 Å². The molecular formula is C11H9ClN2O2. The molecule has 16 heavy (non-hydrogen) atoms. The predicted molar refractivity (Wildman–Crippen MR) is 59.7 cm³/mol. The van der Waals surface area contributed by atoms with Crippen LogP contribution < -0.4 is 0 Å². The summed E-state index contributed by atoms with van der Waals surface area (Å²) in [5.41, 5.74) is 8.44. The molecule has 0 N–H and O–H groups in total. The third kappa shape index (κ3) is 2.63. The quantitative estimate of drug-likeness (QED) is 0.264. The number of rotatable bonds is 4. The van der Waals surface area contributed by atoms with Crippen molar-refractivity contribution in [1.82, 2.24) is 0 Å². The number of ketones is 2. The maximum Gasteiger partial charge on any atom is 0.405 e. The molecule has 0 aliphatic rings. The van der Waals surface area contributed by atoms with Gasteiger partial charge in [0.05, 0.1) is 0 Å². The SMILES string of the molecule is CCC(=O)C(=[N+]=[N-])C(=O)c1ccc(Cl)cc1. The van der Waals surface area contributed by atoms with Crippen LogP contribution in [0.2, 0.25) is 5.02 Å². The maximum absolute atomic E-state index is 11.7. The maximum atomic E-state index is 11.7. The molecule has 0 saturated carbocycles. The van der Waals surface area contributed by atoms with E-state index in [-0.39, 0.29) is 12.0 Å². The Morgan fingerprint density at radius 1 is 1.31 bits per heavy atom. The molecule has 0 spiro atoms. The van der Waals surface area contributed by atoms with E-state index in [2.05, 4.69) is 4.79 Å². The van der Waals surface area contributed by atoms with Gasteiger partial charge in [-0.3, -0.25) is 9.59 Å². The highest BCUT2D eigenvalue weighted by atomic mass is 35.5. The van der Waals surface area contributed by atoms with Crippen molar-refractivity contribution in [2.24, 2.45) is 0 Å². The van der Waals surface area contributed by atoms with Crippen molar-refractivity contribution < 1.29 is 14.4 Å². The van der Waals surface area contributed by atoms with Crippen LogP contribution in [0.4, 0.5) is 0 Å². The third-order valence-electron chi connectivity index (χ3n) is 2.01. The Hall–Kier alpha value is -1.77. The lowest BCUT2D eigenvalue weighted by molar-refractivity contribution is -0.116. The molecule has 0 radical (unpaired) electrons. The minimum Gasteiger partial charge on any atom is -0.360 e. The Kier molecular flexibility index (Phi) is 4.11. The molecule has 0 fully saturated rings. The normalized spacial score (nSPS) is 9.38. The fourth-order valence-electron chi connectivity index (χ4n) is 1.13. The molecule has 0 aliphatic carbocycles. The summed E-state index contributed by atoms with van der Waals surface area (Å²) in [5.74, 6) is -1.10. The molecule has 0 bridgehead atoms. The molecule has 0 saturated heterocycles. The molecule has 0 heterocycles. The van der Waals surface area contributed by atoms with Crippen molar-refractivity contribution in [3.63, 3.8) is 0 Å². The van der Waals surface area contributed by atoms with Crippen LogP contribution in [0.15, 0.2) is 24.3 Å². The van der Waals surface area contributed by atoms with Crippen molar-refractivity contribution in [3.8, 4) is 0 Å². The van der Waals surface area contributed by atoms with Crippen LogP contribution in [0, 0.1) is 0 Å². The second-order valence-corrected chi connectivity index (χ2v) is 3.50. The van der Waals surface area contributed by atoms with Gasteiger partial charge in [-0.2, -0.15) is 4.79 Å². The second-order valence-electron chi connectivity index (χ2n) is 3.06. The average Bonchev–Trinajstić information content (AvgIpc) is 2.30. The van der Waals surface area contributed by atoms with Crippen molar-refractivity contribution in [2.75, 3.05) is 0 Å². The van der Waals surface area contributed by atoms with Gasteiger partial charge in [-0.25, -0.2) is 0 Å². The molecule has 1 aromatic rings. The highest BCUT2D eigenvalue weighted by molar-refractivity contribution is 6.67. The first-order valence-electron chi connectivity index (χ1n) is 4.65. The van der Waals surface area contributed by atoms with E-state index >= 15 is 0 Å². The lowest BCUT2D eigenvalue weighted by Gasteiger charge is -1.95. The molecule has 82 valence electrons. The van der Waals surface area contributed by atoms with Gasteiger partial charge in [0, 0.05) is 17.0 Å². The molecular weight excluding hydrogens is 228 g/mol. The first-order valence-corrected chi connectivity index (χ1v) is 5.03. The van der Waals surface area contributed by atoms with E-state index in [0.717, 1.165) is 0 Å². The smallest absolute Gasteiger partial charge is 0.360 e. The van der Waals surface area contributed by atoms with Gasteiger partial charge < -0.3 is 5.53 Å². The summed E-state index contributed by atoms with van der Waals surface area (Å²) < 4.78 is 0. The van der Waals surface area contributed by atoms with E-state index in [1.54, 1.807) is 6.92 Å². The fraction of sp³-hybridized carbons (Fsp3) is 0.182. The molecule has 5 heteroatoms. The largest absolute Gasteiger partial charge is 0.405 e. The molecule has 1 rings (SSSR count). The van der Waals surface area contributed by atoms with Crippen molar-refractivity contribution in [2.45, 2.75) is 13.3 Å². The van der Waals surface area contributed by atoms with Gasteiger partial charge in [-0.05, 0) is 24.3 Å². The Morgan fingerprint density at radius 2 is 1.88 bits per heavy atom. The van der Waals surface area contributed by atoms with Gasteiger partial charge in [-0.1, -0.05) is 18.5 Å². The van der Waals surface area contributed by atoms with E-state index in [9.17, 15) is 9.59 Å². The third-order valence-corrected chi connectivity index (χ3v) is 2.26. The number of benzene rings is 1. The van der Waals surface area contributed by atoms with E-state index in [4.69, 9.17) is 17.1 Å². The van der Waals surface area contributed by atoms with Crippen LogP contribution in [0.1, 0.15) is 23.7 Å². The summed E-state index contributed by atoms with van der Waals surface area (Å²) in [6.07, 6.45) is 0.110. The standard InChI is InChI=1S/C11H9ClN2O2/c1-2-9(15)10(14-13)11(16)7-3-5-8(12)6-4-7/h3-6H,2H2,1H3. The van der Waals surface area contributed by atoms with E-state index in [1.807, 2.05) is 0 Å². The molecule has 4 nitrogen and oxygen atoms in total. The van der Waals surface area contributed by atoms with Crippen LogP contribution in [0.5, 0.6) is 0 Å². The molecule has 1 aromatic carbocycles. The molecule has 0 aliphatic heterocycles. The van der Waals surface area contributed by atoms with Gasteiger partial charge in [0.25, 0.3) is 5.78 Å². The lowest BCUT2D eigenvalue weighted by Crippen LogP contribution is -2.24. The van der Waals surface area contributed by atoms with Crippen molar-refractivity contribution in [1.29, 1.82) is 0 Å². The average molecular weight is 237 g/mol. The monoisotopic (exact) mass is 236 g/mol. The van der Waals surface area contributed by atoms with Crippen LogP contribution in [-0.2, 0) is 4.79 Å². The summed E-state index contributed by atoms with van der Waals surface area (Å²) in [4.78, 5) is 25.8. The molecule has 0 aromatic heterocycles. The summed E-state index contributed by atoms with van der Waals surface area (Å²) in [5, 5.41) is 0.487. The van der Waals surface area contributed by atoms with Crippen LogP contribution >= 0.6 is 11.6 Å². The topological polar surface area (TPSA) is 70.5 Å². The Labute approximate surface area is 97.5 Å². The van der Waals surface area contributed by atoms with Gasteiger partial charge in [0.15, 0.2) is 0 Å². The van der Waals surface area contributed by atoms with Crippen molar-refractivity contribution >= 4 is 28.9 Å². The number of nitrogens with zero attached hydrogens (tertiary/aromatic N) is 2. The highest BCUT2D eigenvalue weighted by Crippen LogP contribution is 2.10. The number of Topliss-reactive ketones (excluding diaryl/α,β-unsaturated/α-hetero) is 2.